The van der Waals surface area contributed by atoms with E-state index in [1.54, 1.807) is 0 Å². The second kappa shape index (κ2) is 18.6. The summed E-state index contributed by atoms with van der Waals surface area (Å²) in [6.45, 7) is 12.4. The van der Waals surface area contributed by atoms with Gasteiger partial charge in [-0.15, -0.1) is 0 Å². The summed E-state index contributed by atoms with van der Waals surface area (Å²) < 4.78 is 11.2. The Kier molecular flexibility index (Phi) is 16.2. The fraction of sp³-hybridized carbons (Fsp3) is 0.562. The molecular formula is C32H48O4. The van der Waals surface area contributed by atoms with E-state index in [2.05, 4.69) is 13.8 Å². The van der Waals surface area contributed by atoms with Gasteiger partial charge in [0.25, 0.3) is 0 Å². The highest BCUT2D eigenvalue weighted by Crippen LogP contribution is 2.31. The number of aryl methyl sites for hydroxylation is 2. The van der Waals surface area contributed by atoms with Gasteiger partial charge in [-0.1, -0.05) is 78.6 Å². The number of unbranched alkanes of at least 4 members (excludes halogenated alkanes) is 2. The molecule has 200 valence electrons. The van der Waals surface area contributed by atoms with Crippen LogP contribution in [0.1, 0.15) is 104 Å². The van der Waals surface area contributed by atoms with Crippen LogP contribution in [0.4, 0.5) is 0 Å². The molecule has 0 unspecified atom stereocenters. The quantitative estimate of drug-likeness (QED) is 0.244. The Hall–Kier alpha value is -2.62. The SMILES string of the molecule is CC.CC.CCCCc1ccc(OC(=O)C2CCC(C(=O)Oc3ccc(CCCC)cc3)CC2)cc1. The largest absolute Gasteiger partial charge is 0.426 e. The zero-order valence-corrected chi connectivity index (χ0v) is 23.5. The van der Waals surface area contributed by atoms with Crippen LogP contribution in [-0.2, 0) is 22.4 Å². The fourth-order valence-corrected chi connectivity index (χ4v) is 4.17. The van der Waals surface area contributed by atoms with E-state index in [1.807, 2.05) is 76.2 Å². The van der Waals surface area contributed by atoms with Crippen molar-refractivity contribution in [3.8, 4) is 11.5 Å². The Morgan fingerprint density at radius 1 is 0.611 bits per heavy atom. The lowest BCUT2D eigenvalue weighted by molar-refractivity contribution is -0.145. The van der Waals surface area contributed by atoms with Gasteiger partial charge in [-0.2, -0.15) is 0 Å². The van der Waals surface area contributed by atoms with Gasteiger partial charge >= 0.3 is 11.9 Å². The second-order valence-electron chi connectivity index (χ2n) is 8.89. The van der Waals surface area contributed by atoms with Gasteiger partial charge in [-0.25, -0.2) is 0 Å². The van der Waals surface area contributed by atoms with Crippen LogP contribution in [0.2, 0.25) is 0 Å². The molecule has 0 bridgehead atoms. The molecule has 3 rings (SSSR count). The van der Waals surface area contributed by atoms with Crippen molar-refractivity contribution < 1.29 is 19.1 Å². The molecule has 0 amide bonds. The van der Waals surface area contributed by atoms with Crippen LogP contribution in [0.3, 0.4) is 0 Å². The smallest absolute Gasteiger partial charge is 0.314 e. The molecule has 1 aliphatic rings. The molecule has 0 spiro atoms. The summed E-state index contributed by atoms with van der Waals surface area (Å²) in [4.78, 5) is 25.1. The molecule has 0 aromatic heterocycles. The predicted molar refractivity (Wildman–Crippen MR) is 150 cm³/mol. The number of ether oxygens (including phenoxy) is 2. The number of carbonyl (C=O) groups is 2. The second-order valence-corrected chi connectivity index (χ2v) is 8.89. The maximum absolute atomic E-state index is 12.6. The molecule has 0 N–H and O–H groups in total. The van der Waals surface area contributed by atoms with Crippen molar-refractivity contribution in [2.75, 3.05) is 0 Å². The van der Waals surface area contributed by atoms with E-state index in [1.165, 1.54) is 11.1 Å². The lowest BCUT2D eigenvalue weighted by atomic mass is 9.82. The number of hydrogen-bond acceptors (Lipinski definition) is 4. The van der Waals surface area contributed by atoms with Gasteiger partial charge in [0.2, 0.25) is 0 Å². The first-order valence-corrected chi connectivity index (χ1v) is 14.2. The molecular weight excluding hydrogens is 448 g/mol. The van der Waals surface area contributed by atoms with Crippen molar-refractivity contribution in [2.24, 2.45) is 11.8 Å². The summed E-state index contributed by atoms with van der Waals surface area (Å²) >= 11 is 0. The highest BCUT2D eigenvalue weighted by molar-refractivity contribution is 5.77. The van der Waals surface area contributed by atoms with Crippen LogP contribution in [0, 0.1) is 11.8 Å². The van der Waals surface area contributed by atoms with Crippen LogP contribution in [0.5, 0.6) is 11.5 Å². The Labute approximate surface area is 219 Å². The van der Waals surface area contributed by atoms with Crippen molar-refractivity contribution in [2.45, 2.75) is 106 Å². The summed E-state index contributed by atoms with van der Waals surface area (Å²) in [6, 6.07) is 15.6. The van der Waals surface area contributed by atoms with E-state index in [9.17, 15) is 9.59 Å². The molecule has 0 atom stereocenters. The Morgan fingerprint density at radius 3 is 1.19 bits per heavy atom. The molecule has 0 saturated heterocycles. The van der Waals surface area contributed by atoms with Crippen LogP contribution in [0.15, 0.2) is 48.5 Å². The summed E-state index contributed by atoms with van der Waals surface area (Å²) in [5.74, 6) is 0.494. The molecule has 2 aromatic carbocycles. The van der Waals surface area contributed by atoms with Crippen molar-refractivity contribution in [1.29, 1.82) is 0 Å². The first-order chi connectivity index (χ1) is 17.6. The number of hydrogen-bond donors (Lipinski definition) is 0. The Bertz CT molecular complexity index is 773. The highest BCUT2D eigenvalue weighted by atomic mass is 16.5. The number of esters is 2. The summed E-state index contributed by atoms with van der Waals surface area (Å²) in [5.41, 5.74) is 2.53. The summed E-state index contributed by atoms with van der Waals surface area (Å²) in [6.07, 6.45) is 9.38. The van der Waals surface area contributed by atoms with Gasteiger partial charge in [0.15, 0.2) is 0 Å². The average Bonchev–Trinajstić information content (AvgIpc) is 2.94. The third-order valence-corrected chi connectivity index (χ3v) is 6.32. The molecule has 1 aliphatic carbocycles. The fourth-order valence-electron chi connectivity index (χ4n) is 4.17. The maximum atomic E-state index is 12.6. The first kappa shape index (κ1) is 31.4. The van der Waals surface area contributed by atoms with Crippen LogP contribution < -0.4 is 9.47 Å². The third-order valence-electron chi connectivity index (χ3n) is 6.32. The van der Waals surface area contributed by atoms with Gasteiger partial charge < -0.3 is 9.47 Å². The normalized spacial score (nSPS) is 16.5. The number of benzene rings is 2. The Balaban J connectivity index is 0.00000154. The minimum Gasteiger partial charge on any atom is -0.426 e. The minimum atomic E-state index is -0.194. The van der Waals surface area contributed by atoms with Crippen molar-refractivity contribution in [3.05, 3.63) is 59.7 Å². The molecule has 0 heterocycles. The van der Waals surface area contributed by atoms with E-state index in [0.29, 0.717) is 37.2 Å². The zero-order chi connectivity index (χ0) is 26.8. The van der Waals surface area contributed by atoms with Gasteiger partial charge in [0, 0.05) is 0 Å². The van der Waals surface area contributed by atoms with Crippen LogP contribution >= 0.6 is 0 Å². The van der Waals surface area contributed by atoms with E-state index in [0.717, 1.165) is 38.5 Å². The van der Waals surface area contributed by atoms with E-state index < -0.39 is 0 Å². The van der Waals surface area contributed by atoms with E-state index >= 15 is 0 Å². The lowest BCUT2D eigenvalue weighted by Crippen LogP contribution is -2.30. The summed E-state index contributed by atoms with van der Waals surface area (Å²) in [5, 5.41) is 0. The standard InChI is InChI=1S/C28H36O4.2C2H6/c1-3-5-7-21-9-17-25(18-10-21)31-27(29)23-13-15-24(16-14-23)28(30)32-26-19-11-22(12-20-26)8-6-4-2;2*1-2/h9-12,17-20,23-24H,3-8,13-16H2,1-2H3;2*1-2H3. The maximum Gasteiger partial charge on any atom is 0.314 e. The van der Waals surface area contributed by atoms with Gasteiger partial charge in [-0.05, 0) is 86.8 Å². The number of rotatable bonds is 10. The van der Waals surface area contributed by atoms with Crippen LogP contribution in [0.25, 0.3) is 0 Å². The van der Waals surface area contributed by atoms with E-state index in [-0.39, 0.29) is 23.8 Å². The molecule has 4 heteroatoms. The molecule has 4 nitrogen and oxygen atoms in total. The average molecular weight is 497 g/mol. The monoisotopic (exact) mass is 496 g/mol. The van der Waals surface area contributed by atoms with Gasteiger partial charge in [0.05, 0.1) is 11.8 Å². The molecule has 0 aliphatic heterocycles. The van der Waals surface area contributed by atoms with Crippen molar-refractivity contribution in [1.82, 2.24) is 0 Å². The molecule has 1 saturated carbocycles. The van der Waals surface area contributed by atoms with E-state index in [4.69, 9.17) is 9.47 Å². The predicted octanol–water partition coefficient (Wildman–Crippen LogP) is 8.74. The van der Waals surface area contributed by atoms with Gasteiger partial charge in [-0.3, -0.25) is 9.59 Å². The van der Waals surface area contributed by atoms with Crippen molar-refractivity contribution in [3.63, 3.8) is 0 Å². The molecule has 0 radical (unpaired) electrons. The zero-order valence-electron chi connectivity index (χ0n) is 23.5. The third kappa shape index (κ3) is 11.0. The lowest BCUT2D eigenvalue weighted by Gasteiger charge is -2.25. The Morgan fingerprint density at radius 2 is 0.917 bits per heavy atom. The molecule has 2 aromatic rings. The van der Waals surface area contributed by atoms with Crippen molar-refractivity contribution >= 4 is 11.9 Å². The van der Waals surface area contributed by atoms with Crippen LogP contribution in [-0.4, -0.2) is 11.9 Å². The minimum absolute atomic E-state index is 0.156. The molecule has 36 heavy (non-hydrogen) atoms. The first-order valence-electron chi connectivity index (χ1n) is 14.2. The highest BCUT2D eigenvalue weighted by Gasteiger charge is 2.32. The molecule has 1 fully saturated rings. The van der Waals surface area contributed by atoms with Gasteiger partial charge in [0.1, 0.15) is 11.5 Å². The number of carbonyl (C=O) groups excluding carboxylic acids is 2. The topological polar surface area (TPSA) is 52.6 Å². The summed E-state index contributed by atoms with van der Waals surface area (Å²) in [7, 11) is 0.